The predicted molar refractivity (Wildman–Crippen MR) is 46.7 cm³/mol. The fourth-order valence-corrected chi connectivity index (χ4v) is 1.35. The molecule has 1 atom stereocenters. The van der Waals surface area contributed by atoms with Gasteiger partial charge in [-0.05, 0) is 13.0 Å². The van der Waals surface area contributed by atoms with Crippen molar-refractivity contribution in [2.24, 2.45) is 7.05 Å². The van der Waals surface area contributed by atoms with Crippen molar-refractivity contribution in [3.8, 4) is 0 Å². The van der Waals surface area contributed by atoms with E-state index in [1.165, 1.54) is 0 Å². The van der Waals surface area contributed by atoms with Crippen LogP contribution in [0, 0.1) is 6.92 Å². The van der Waals surface area contributed by atoms with Crippen molar-refractivity contribution in [3.05, 3.63) is 17.5 Å². The van der Waals surface area contributed by atoms with Crippen LogP contribution in [0.3, 0.4) is 0 Å². The minimum atomic E-state index is -0.457. The summed E-state index contributed by atoms with van der Waals surface area (Å²) >= 11 is 3.20. The zero-order valence-electron chi connectivity index (χ0n) is 6.58. The fourth-order valence-electron chi connectivity index (χ4n) is 1.02. The number of rotatable bonds is 2. The third kappa shape index (κ3) is 1.81. The van der Waals surface area contributed by atoms with Crippen LogP contribution in [0.5, 0.6) is 0 Å². The lowest BCUT2D eigenvalue weighted by molar-refractivity contribution is 0.195. The van der Waals surface area contributed by atoms with Crippen LogP contribution < -0.4 is 0 Å². The van der Waals surface area contributed by atoms with Crippen LogP contribution in [0.25, 0.3) is 0 Å². The summed E-state index contributed by atoms with van der Waals surface area (Å²) < 4.78 is 1.70. The molecular weight excluding hydrogens is 208 g/mol. The molecule has 4 heteroatoms. The first-order valence-corrected chi connectivity index (χ1v) is 4.52. The Kier molecular flexibility index (Phi) is 2.67. The highest BCUT2D eigenvalue weighted by molar-refractivity contribution is 9.09. The van der Waals surface area contributed by atoms with E-state index in [-0.39, 0.29) is 0 Å². The Morgan fingerprint density at radius 1 is 1.82 bits per heavy atom. The molecule has 0 aliphatic heterocycles. The van der Waals surface area contributed by atoms with E-state index in [9.17, 15) is 5.11 Å². The number of aromatic nitrogens is 2. The number of aliphatic hydroxyl groups is 1. The Bertz CT molecular complexity index is 247. The summed E-state index contributed by atoms with van der Waals surface area (Å²) in [7, 11) is 1.83. The Labute approximate surface area is 74.2 Å². The van der Waals surface area contributed by atoms with E-state index < -0.39 is 6.10 Å². The number of hydrogen-bond donors (Lipinski definition) is 1. The van der Waals surface area contributed by atoms with Crippen molar-refractivity contribution in [1.29, 1.82) is 0 Å². The van der Waals surface area contributed by atoms with Gasteiger partial charge in [0.05, 0.1) is 11.4 Å². The van der Waals surface area contributed by atoms with E-state index in [4.69, 9.17) is 0 Å². The maximum absolute atomic E-state index is 9.42. The van der Waals surface area contributed by atoms with Crippen LogP contribution in [0.2, 0.25) is 0 Å². The summed E-state index contributed by atoms with van der Waals surface area (Å²) in [6.45, 7) is 1.91. The normalized spacial score (nSPS) is 13.5. The first-order valence-electron chi connectivity index (χ1n) is 3.39. The second-order valence-electron chi connectivity index (χ2n) is 2.50. The van der Waals surface area contributed by atoms with Crippen molar-refractivity contribution in [2.75, 3.05) is 5.33 Å². The molecule has 0 fully saturated rings. The summed E-state index contributed by atoms with van der Waals surface area (Å²) in [5.41, 5.74) is 1.78. The molecule has 1 N–H and O–H groups in total. The maximum Gasteiger partial charge on any atom is 0.105 e. The molecule has 0 aromatic carbocycles. The van der Waals surface area contributed by atoms with Gasteiger partial charge in [-0.25, -0.2) is 0 Å². The number of aliphatic hydroxyl groups excluding tert-OH is 1. The first-order chi connectivity index (χ1) is 5.15. The summed E-state index contributed by atoms with van der Waals surface area (Å²) in [6, 6.07) is 1.88. The molecule has 0 spiro atoms. The standard InChI is InChI=1S/C7H11BrN2O/c1-5-3-6(7(11)4-8)10(2)9-5/h3,7,11H,4H2,1-2H3. The van der Waals surface area contributed by atoms with Gasteiger partial charge in [-0.15, -0.1) is 0 Å². The van der Waals surface area contributed by atoms with Gasteiger partial charge in [0.15, 0.2) is 0 Å². The Morgan fingerprint density at radius 2 is 2.45 bits per heavy atom. The minimum Gasteiger partial charge on any atom is -0.386 e. The van der Waals surface area contributed by atoms with E-state index in [0.29, 0.717) is 5.33 Å². The first kappa shape index (κ1) is 8.74. The van der Waals surface area contributed by atoms with Gasteiger partial charge < -0.3 is 5.11 Å². The van der Waals surface area contributed by atoms with Gasteiger partial charge in [0.25, 0.3) is 0 Å². The molecule has 0 saturated carbocycles. The van der Waals surface area contributed by atoms with Gasteiger partial charge in [-0.1, -0.05) is 15.9 Å². The molecule has 1 rings (SSSR count). The van der Waals surface area contributed by atoms with Crippen LogP contribution in [0.15, 0.2) is 6.07 Å². The lowest BCUT2D eigenvalue weighted by atomic mass is 10.3. The number of nitrogens with zero attached hydrogens (tertiary/aromatic N) is 2. The molecule has 62 valence electrons. The molecule has 0 aliphatic carbocycles. The molecule has 0 aliphatic rings. The third-order valence-corrected chi connectivity index (χ3v) is 2.14. The van der Waals surface area contributed by atoms with E-state index in [1.54, 1.807) is 4.68 Å². The molecule has 3 nitrogen and oxygen atoms in total. The average Bonchev–Trinajstić information content (AvgIpc) is 2.28. The molecule has 0 amide bonds. The molecule has 1 heterocycles. The highest BCUT2D eigenvalue weighted by atomic mass is 79.9. The van der Waals surface area contributed by atoms with Crippen molar-refractivity contribution >= 4 is 15.9 Å². The van der Waals surface area contributed by atoms with Crippen LogP contribution in [-0.2, 0) is 7.05 Å². The largest absolute Gasteiger partial charge is 0.386 e. The highest BCUT2D eigenvalue weighted by Crippen LogP contribution is 2.14. The Hall–Kier alpha value is -0.350. The van der Waals surface area contributed by atoms with Gasteiger partial charge in [-0.3, -0.25) is 4.68 Å². The smallest absolute Gasteiger partial charge is 0.105 e. The zero-order chi connectivity index (χ0) is 8.43. The van der Waals surface area contributed by atoms with Crippen LogP contribution in [-0.4, -0.2) is 20.2 Å². The molecule has 1 aromatic heterocycles. The Morgan fingerprint density at radius 3 is 2.82 bits per heavy atom. The van der Waals surface area contributed by atoms with Gasteiger partial charge in [0, 0.05) is 12.4 Å². The third-order valence-electron chi connectivity index (χ3n) is 1.53. The number of alkyl halides is 1. The van der Waals surface area contributed by atoms with Gasteiger partial charge in [0.2, 0.25) is 0 Å². The summed E-state index contributed by atoms with van der Waals surface area (Å²) in [6.07, 6.45) is -0.457. The van der Waals surface area contributed by atoms with Crippen LogP contribution in [0.4, 0.5) is 0 Å². The average molecular weight is 219 g/mol. The van der Waals surface area contributed by atoms with E-state index in [0.717, 1.165) is 11.4 Å². The van der Waals surface area contributed by atoms with Crippen molar-refractivity contribution in [2.45, 2.75) is 13.0 Å². The molecular formula is C7H11BrN2O. The summed E-state index contributed by atoms with van der Waals surface area (Å²) in [5.74, 6) is 0. The monoisotopic (exact) mass is 218 g/mol. The summed E-state index contributed by atoms with van der Waals surface area (Å²) in [5, 5.41) is 14.1. The van der Waals surface area contributed by atoms with Crippen LogP contribution in [0.1, 0.15) is 17.5 Å². The molecule has 0 saturated heterocycles. The number of halogens is 1. The lowest BCUT2D eigenvalue weighted by Gasteiger charge is -2.05. The number of hydrogen-bond acceptors (Lipinski definition) is 2. The van der Waals surface area contributed by atoms with Gasteiger partial charge in [0.1, 0.15) is 6.10 Å². The zero-order valence-corrected chi connectivity index (χ0v) is 8.17. The SMILES string of the molecule is Cc1cc(C(O)CBr)n(C)n1. The molecule has 0 bridgehead atoms. The van der Waals surface area contributed by atoms with Crippen LogP contribution >= 0.6 is 15.9 Å². The quantitative estimate of drug-likeness (QED) is 0.758. The Balaban J connectivity index is 2.93. The number of aryl methyl sites for hydroxylation is 2. The van der Waals surface area contributed by atoms with E-state index in [2.05, 4.69) is 21.0 Å². The van der Waals surface area contributed by atoms with E-state index >= 15 is 0 Å². The summed E-state index contributed by atoms with van der Waals surface area (Å²) in [4.78, 5) is 0. The van der Waals surface area contributed by atoms with Gasteiger partial charge in [-0.2, -0.15) is 5.10 Å². The molecule has 11 heavy (non-hydrogen) atoms. The highest BCUT2D eigenvalue weighted by Gasteiger charge is 2.10. The fraction of sp³-hybridized carbons (Fsp3) is 0.571. The van der Waals surface area contributed by atoms with Crippen molar-refractivity contribution in [3.63, 3.8) is 0 Å². The predicted octanol–water partition coefficient (Wildman–Crippen LogP) is 1.16. The van der Waals surface area contributed by atoms with Crippen molar-refractivity contribution in [1.82, 2.24) is 9.78 Å². The molecule has 1 aromatic rings. The molecule has 0 radical (unpaired) electrons. The second kappa shape index (κ2) is 3.36. The second-order valence-corrected chi connectivity index (χ2v) is 3.15. The minimum absolute atomic E-state index is 0.457. The topological polar surface area (TPSA) is 38.0 Å². The maximum atomic E-state index is 9.42. The molecule has 1 unspecified atom stereocenters. The lowest BCUT2D eigenvalue weighted by Crippen LogP contribution is -2.05. The van der Waals surface area contributed by atoms with E-state index in [1.807, 2.05) is 20.0 Å². The van der Waals surface area contributed by atoms with Gasteiger partial charge >= 0.3 is 0 Å². The van der Waals surface area contributed by atoms with Crippen molar-refractivity contribution < 1.29 is 5.11 Å².